The van der Waals surface area contributed by atoms with Gasteiger partial charge in [-0.2, -0.15) is 0 Å². The average Bonchev–Trinajstić information content (AvgIpc) is 2.85. The summed E-state index contributed by atoms with van der Waals surface area (Å²) in [5, 5.41) is 0. The summed E-state index contributed by atoms with van der Waals surface area (Å²) in [4.78, 5) is 14.5. The third-order valence-electron chi connectivity index (χ3n) is 4.35. The van der Waals surface area contributed by atoms with Crippen LogP contribution in [0.5, 0.6) is 0 Å². The van der Waals surface area contributed by atoms with Crippen molar-refractivity contribution < 1.29 is 4.79 Å². The lowest BCUT2D eigenvalue weighted by molar-refractivity contribution is -0.136. The van der Waals surface area contributed by atoms with E-state index in [9.17, 15) is 4.79 Å². The van der Waals surface area contributed by atoms with Crippen LogP contribution in [-0.4, -0.2) is 23.4 Å². The van der Waals surface area contributed by atoms with Crippen LogP contribution in [0.4, 0.5) is 0 Å². The minimum atomic E-state index is 0.152. The Morgan fingerprint density at radius 3 is 2.95 bits per heavy atom. The van der Waals surface area contributed by atoms with E-state index in [1.165, 1.54) is 11.1 Å². The monoisotopic (exact) mass is 322 g/mol. The van der Waals surface area contributed by atoms with Crippen LogP contribution in [0.15, 0.2) is 22.7 Å². The number of halogens is 1. The summed E-state index contributed by atoms with van der Waals surface area (Å²) in [5.74, 6) is 0.452. The van der Waals surface area contributed by atoms with Gasteiger partial charge in [0.1, 0.15) is 0 Å². The highest BCUT2D eigenvalue weighted by Crippen LogP contribution is 2.30. The molecule has 19 heavy (non-hydrogen) atoms. The van der Waals surface area contributed by atoms with Crippen molar-refractivity contribution in [1.82, 2.24) is 4.90 Å². The maximum atomic E-state index is 12.5. The zero-order valence-corrected chi connectivity index (χ0v) is 12.5. The van der Waals surface area contributed by atoms with Crippen molar-refractivity contribution in [3.63, 3.8) is 0 Å². The van der Waals surface area contributed by atoms with Crippen LogP contribution in [0.2, 0.25) is 0 Å². The number of hydrogen-bond donors (Lipinski definition) is 1. The molecule has 4 heteroatoms. The Balaban J connectivity index is 1.75. The van der Waals surface area contributed by atoms with Crippen molar-refractivity contribution >= 4 is 21.8 Å². The first-order valence-corrected chi connectivity index (χ1v) is 7.75. The Morgan fingerprint density at radius 1 is 1.37 bits per heavy atom. The third-order valence-corrected chi connectivity index (χ3v) is 5.09. The molecule has 1 saturated carbocycles. The molecule has 2 N–H and O–H groups in total. The standard InChI is InChI=1S/C15H19BrN2O/c16-14-3-1-2-10-6-7-18(9-13(10)14)15(19)11-4-5-12(17)8-11/h1-3,11-12H,4-9,17H2. The molecule has 0 aromatic heterocycles. The molecule has 3 rings (SSSR count). The van der Waals surface area contributed by atoms with E-state index >= 15 is 0 Å². The van der Waals surface area contributed by atoms with E-state index in [2.05, 4.69) is 34.1 Å². The van der Waals surface area contributed by atoms with Crippen molar-refractivity contribution in [2.24, 2.45) is 11.7 Å². The summed E-state index contributed by atoms with van der Waals surface area (Å²) < 4.78 is 1.12. The number of fused-ring (bicyclic) bond motifs is 1. The molecule has 0 saturated heterocycles. The minimum absolute atomic E-state index is 0.152. The number of carbonyl (C=O) groups is 1. The summed E-state index contributed by atoms with van der Waals surface area (Å²) in [5.41, 5.74) is 8.55. The zero-order chi connectivity index (χ0) is 13.4. The molecule has 2 aliphatic rings. The summed E-state index contributed by atoms with van der Waals surface area (Å²) in [7, 11) is 0. The van der Waals surface area contributed by atoms with Gasteiger partial charge in [0.05, 0.1) is 0 Å². The van der Waals surface area contributed by atoms with Gasteiger partial charge in [-0.3, -0.25) is 4.79 Å². The molecule has 1 amide bonds. The van der Waals surface area contributed by atoms with Crippen LogP contribution in [0.25, 0.3) is 0 Å². The number of amides is 1. The maximum absolute atomic E-state index is 12.5. The second kappa shape index (κ2) is 5.25. The van der Waals surface area contributed by atoms with Crippen LogP contribution >= 0.6 is 15.9 Å². The predicted octanol–water partition coefficient (Wildman–Crippen LogP) is 2.46. The summed E-state index contributed by atoms with van der Waals surface area (Å²) in [6.07, 6.45) is 3.77. The van der Waals surface area contributed by atoms with E-state index in [0.717, 1.165) is 43.2 Å². The zero-order valence-electron chi connectivity index (χ0n) is 10.9. The van der Waals surface area contributed by atoms with E-state index in [1.807, 2.05) is 4.90 Å². The van der Waals surface area contributed by atoms with Crippen LogP contribution in [0.1, 0.15) is 30.4 Å². The van der Waals surface area contributed by atoms with E-state index in [-0.39, 0.29) is 12.0 Å². The highest BCUT2D eigenvalue weighted by molar-refractivity contribution is 9.10. The Morgan fingerprint density at radius 2 is 2.21 bits per heavy atom. The highest BCUT2D eigenvalue weighted by Gasteiger charge is 2.32. The maximum Gasteiger partial charge on any atom is 0.226 e. The molecule has 1 aromatic carbocycles. The van der Waals surface area contributed by atoms with E-state index in [0.29, 0.717) is 5.91 Å². The normalized spacial score (nSPS) is 26.3. The van der Waals surface area contributed by atoms with E-state index in [1.54, 1.807) is 0 Å². The van der Waals surface area contributed by atoms with Gasteiger partial charge in [-0.25, -0.2) is 0 Å². The molecular weight excluding hydrogens is 304 g/mol. The summed E-state index contributed by atoms with van der Waals surface area (Å²) in [6, 6.07) is 6.50. The fraction of sp³-hybridized carbons (Fsp3) is 0.533. The lowest BCUT2D eigenvalue weighted by Gasteiger charge is -2.31. The van der Waals surface area contributed by atoms with Gasteiger partial charge >= 0.3 is 0 Å². The van der Waals surface area contributed by atoms with Gasteiger partial charge < -0.3 is 10.6 Å². The lowest BCUT2D eigenvalue weighted by Crippen LogP contribution is -2.39. The fourth-order valence-corrected chi connectivity index (χ4v) is 3.76. The lowest BCUT2D eigenvalue weighted by atomic mass is 9.98. The molecule has 1 aromatic rings. The first-order valence-electron chi connectivity index (χ1n) is 6.96. The number of hydrogen-bond acceptors (Lipinski definition) is 2. The summed E-state index contributed by atoms with van der Waals surface area (Å²) >= 11 is 3.59. The van der Waals surface area contributed by atoms with Crippen LogP contribution in [-0.2, 0) is 17.8 Å². The fourth-order valence-electron chi connectivity index (χ4n) is 3.23. The predicted molar refractivity (Wildman–Crippen MR) is 78.6 cm³/mol. The molecule has 1 aliphatic carbocycles. The minimum Gasteiger partial charge on any atom is -0.338 e. The van der Waals surface area contributed by atoms with Gasteiger partial charge in [0.25, 0.3) is 0 Å². The number of nitrogens with zero attached hydrogens (tertiary/aromatic N) is 1. The first-order chi connectivity index (χ1) is 9.15. The van der Waals surface area contributed by atoms with E-state index in [4.69, 9.17) is 5.73 Å². The largest absolute Gasteiger partial charge is 0.338 e. The molecule has 3 nitrogen and oxygen atoms in total. The molecule has 1 fully saturated rings. The quantitative estimate of drug-likeness (QED) is 0.863. The van der Waals surface area contributed by atoms with Gasteiger partial charge in [-0.1, -0.05) is 28.1 Å². The number of rotatable bonds is 1. The van der Waals surface area contributed by atoms with Crippen molar-refractivity contribution in [2.75, 3.05) is 6.54 Å². The van der Waals surface area contributed by atoms with Gasteiger partial charge in [0, 0.05) is 29.5 Å². The molecule has 0 radical (unpaired) electrons. The van der Waals surface area contributed by atoms with Crippen molar-refractivity contribution in [1.29, 1.82) is 0 Å². The second-order valence-corrected chi connectivity index (χ2v) is 6.51. The molecule has 2 unspecified atom stereocenters. The van der Waals surface area contributed by atoms with Crippen LogP contribution in [0.3, 0.4) is 0 Å². The Hall–Kier alpha value is -0.870. The number of benzene rings is 1. The van der Waals surface area contributed by atoms with Crippen LogP contribution < -0.4 is 5.73 Å². The Kier molecular flexibility index (Phi) is 3.63. The molecule has 1 aliphatic heterocycles. The average molecular weight is 323 g/mol. The van der Waals surface area contributed by atoms with Gasteiger partial charge in [-0.05, 0) is 42.9 Å². The number of nitrogens with two attached hydrogens (primary N) is 1. The third kappa shape index (κ3) is 2.56. The van der Waals surface area contributed by atoms with Gasteiger partial charge in [0.15, 0.2) is 0 Å². The molecule has 2 atom stereocenters. The van der Waals surface area contributed by atoms with Crippen molar-refractivity contribution in [3.05, 3.63) is 33.8 Å². The van der Waals surface area contributed by atoms with Gasteiger partial charge in [-0.15, -0.1) is 0 Å². The molecular formula is C15H19BrN2O. The number of carbonyl (C=O) groups excluding carboxylic acids is 1. The Labute approximate surface area is 122 Å². The van der Waals surface area contributed by atoms with E-state index < -0.39 is 0 Å². The Bertz CT molecular complexity index is 503. The first kappa shape index (κ1) is 13.1. The second-order valence-electron chi connectivity index (χ2n) is 5.66. The topological polar surface area (TPSA) is 46.3 Å². The smallest absolute Gasteiger partial charge is 0.226 e. The molecule has 102 valence electrons. The van der Waals surface area contributed by atoms with Crippen molar-refractivity contribution in [3.8, 4) is 0 Å². The molecule has 0 spiro atoms. The summed E-state index contributed by atoms with van der Waals surface area (Å²) in [6.45, 7) is 1.58. The molecule has 1 heterocycles. The van der Waals surface area contributed by atoms with Crippen molar-refractivity contribution in [2.45, 2.75) is 38.3 Å². The van der Waals surface area contributed by atoms with Gasteiger partial charge in [0.2, 0.25) is 5.91 Å². The highest BCUT2D eigenvalue weighted by atomic mass is 79.9. The molecule has 0 bridgehead atoms. The SMILES string of the molecule is NC1CCC(C(=O)N2CCc3cccc(Br)c3C2)C1. The van der Waals surface area contributed by atoms with Crippen LogP contribution in [0, 0.1) is 5.92 Å².